The van der Waals surface area contributed by atoms with E-state index in [2.05, 4.69) is 20.3 Å². The van der Waals surface area contributed by atoms with Crippen LogP contribution < -0.4 is 16.8 Å². The van der Waals surface area contributed by atoms with Gasteiger partial charge in [-0.3, -0.25) is 4.98 Å². The van der Waals surface area contributed by atoms with Gasteiger partial charge in [0.1, 0.15) is 17.5 Å². The first kappa shape index (κ1) is 15.2. The van der Waals surface area contributed by atoms with Crippen molar-refractivity contribution in [1.82, 2.24) is 15.0 Å². The Labute approximate surface area is 129 Å². The number of aromatic nitrogens is 3. The molecular weight excluding hydrogens is 276 g/mol. The van der Waals surface area contributed by atoms with E-state index >= 15 is 0 Å². The molecule has 0 atom stereocenters. The standard InChI is InChI=1S/C11H11N3.C5H7N3/c1-12-11-6-5-9(8-14-11)10-4-2-3-7-13-10;6-4-2-1-3-5(7)8-4/h2-8H,1H3,(H,12,14);1-3H,(H4,6,7,8). The maximum absolute atomic E-state index is 5.27. The Morgan fingerprint density at radius 2 is 1.64 bits per heavy atom. The lowest BCUT2D eigenvalue weighted by Crippen LogP contribution is -1.93. The van der Waals surface area contributed by atoms with E-state index in [1.807, 2.05) is 43.6 Å². The topological polar surface area (TPSA) is 103 Å². The van der Waals surface area contributed by atoms with Gasteiger partial charge in [0, 0.05) is 25.0 Å². The van der Waals surface area contributed by atoms with Crippen molar-refractivity contribution in [1.29, 1.82) is 0 Å². The van der Waals surface area contributed by atoms with Crippen LogP contribution in [0.3, 0.4) is 0 Å². The summed E-state index contributed by atoms with van der Waals surface area (Å²) < 4.78 is 0. The fourth-order valence-electron chi connectivity index (χ4n) is 1.70. The van der Waals surface area contributed by atoms with Crippen molar-refractivity contribution in [2.45, 2.75) is 0 Å². The Balaban J connectivity index is 0.000000188. The van der Waals surface area contributed by atoms with Crippen LogP contribution in [-0.4, -0.2) is 22.0 Å². The van der Waals surface area contributed by atoms with Gasteiger partial charge < -0.3 is 16.8 Å². The number of pyridine rings is 3. The highest BCUT2D eigenvalue weighted by molar-refractivity contribution is 5.59. The predicted octanol–water partition coefficient (Wildman–Crippen LogP) is 2.43. The third-order valence-corrected chi connectivity index (χ3v) is 2.77. The number of anilines is 3. The van der Waals surface area contributed by atoms with Gasteiger partial charge in [0.05, 0.1) is 5.69 Å². The number of nitrogens with one attached hydrogen (secondary N) is 1. The zero-order valence-electron chi connectivity index (χ0n) is 12.3. The minimum Gasteiger partial charge on any atom is -0.384 e. The molecule has 0 saturated carbocycles. The molecule has 3 heterocycles. The minimum atomic E-state index is 0.463. The summed E-state index contributed by atoms with van der Waals surface area (Å²) in [6.07, 6.45) is 3.59. The van der Waals surface area contributed by atoms with Gasteiger partial charge in [-0.2, -0.15) is 0 Å². The number of nitrogens with two attached hydrogens (primary N) is 2. The predicted molar refractivity (Wildman–Crippen MR) is 90.1 cm³/mol. The first-order valence-corrected chi connectivity index (χ1v) is 6.72. The van der Waals surface area contributed by atoms with Gasteiger partial charge in [0.2, 0.25) is 0 Å². The molecule has 6 heteroatoms. The fraction of sp³-hybridized carbons (Fsp3) is 0.0625. The van der Waals surface area contributed by atoms with Crippen molar-refractivity contribution in [2.24, 2.45) is 0 Å². The molecule has 0 aliphatic heterocycles. The summed E-state index contributed by atoms with van der Waals surface area (Å²) in [5.74, 6) is 1.79. The normalized spacial score (nSPS) is 9.50. The lowest BCUT2D eigenvalue weighted by molar-refractivity contribution is 1.26. The van der Waals surface area contributed by atoms with Crippen LogP contribution in [-0.2, 0) is 0 Å². The third kappa shape index (κ3) is 4.45. The molecule has 0 aliphatic carbocycles. The molecule has 3 rings (SSSR count). The van der Waals surface area contributed by atoms with E-state index in [4.69, 9.17) is 11.5 Å². The van der Waals surface area contributed by atoms with E-state index in [0.717, 1.165) is 17.1 Å². The Morgan fingerprint density at radius 3 is 2.09 bits per heavy atom. The highest BCUT2D eigenvalue weighted by Gasteiger charge is 1.97. The van der Waals surface area contributed by atoms with Gasteiger partial charge >= 0.3 is 0 Å². The second kappa shape index (κ2) is 7.58. The van der Waals surface area contributed by atoms with Gasteiger partial charge in [-0.25, -0.2) is 9.97 Å². The van der Waals surface area contributed by atoms with Crippen molar-refractivity contribution in [3.05, 3.63) is 60.9 Å². The van der Waals surface area contributed by atoms with Crippen LogP contribution in [0.4, 0.5) is 17.5 Å². The first-order valence-electron chi connectivity index (χ1n) is 6.72. The SMILES string of the molecule is CNc1ccc(-c2ccccn2)cn1.Nc1cccc(N)n1. The summed E-state index contributed by atoms with van der Waals surface area (Å²) in [5.41, 5.74) is 12.5. The number of hydrogen-bond acceptors (Lipinski definition) is 6. The van der Waals surface area contributed by atoms with Crippen molar-refractivity contribution in [2.75, 3.05) is 23.8 Å². The van der Waals surface area contributed by atoms with Crippen LogP contribution in [0.1, 0.15) is 0 Å². The van der Waals surface area contributed by atoms with Crippen molar-refractivity contribution < 1.29 is 0 Å². The molecule has 0 saturated heterocycles. The average molecular weight is 294 g/mol. The maximum Gasteiger partial charge on any atom is 0.125 e. The fourth-order valence-corrected chi connectivity index (χ4v) is 1.70. The van der Waals surface area contributed by atoms with Gasteiger partial charge in [-0.1, -0.05) is 12.1 Å². The van der Waals surface area contributed by atoms with Crippen molar-refractivity contribution >= 4 is 17.5 Å². The van der Waals surface area contributed by atoms with Crippen LogP contribution in [0.25, 0.3) is 11.3 Å². The molecule has 0 aliphatic rings. The molecule has 0 aromatic carbocycles. The molecule has 0 unspecified atom stereocenters. The third-order valence-electron chi connectivity index (χ3n) is 2.77. The number of nitrogen functional groups attached to an aromatic ring is 2. The number of nitrogens with zero attached hydrogens (tertiary/aromatic N) is 3. The largest absolute Gasteiger partial charge is 0.384 e. The lowest BCUT2D eigenvalue weighted by atomic mass is 10.2. The Kier molecular flexibility index (Phi) is 5.25. The molecule has 0 spiro atoms. The Bertz CT molecular complexity index is 680. The van der Waals surface area contributed by atoms with E-state index in [0.29, 0.717) is 11.6 Å². The van der Waals surface area contributed by atoms with Crippen molar-refractivity contribution in [3.63, 3.8) is 0 Å². The summed E-state index contributed by atoms with van der Waals surface area (Å²) in [6, 6.07) is 14.9. The monoisotopic (exact) mass is 294 g/mol. The van der Waals surface area contributed by atoms with Crippen LogP contribution in [0.5, 0.6) is 0 Å². The first-order chi connectivity index (χ1) is 10.7. The van der Waals surface area contributed by atoms with Crippen molar-refractivity contribution in [3.8, 4) is 11.3 Å². The van der Waals surface area contributed by atoms with E-state index in [1.165, 1.54) is 0 Å². The average Bonchev–Trinajstić information content (AvgIpc) is 2.56. The van der Waals surface area contributed by atoms with Crippen LogP contribution >= 0.6 is 0 Å². The molecule has 3 aromatic rings. The van der Waals surface area contributed by atoms with Gasteiger partial charge in [-0.05, 0) is 36.4 Å². The molecule has 0 bridgehead atoms. The molecule has 3 aromatic heterocycles. The molecule has 22 heavy (non-hydrogen) atoms. The lowest BCUT2D eigenvalue weighted by Gasteiger charge is -2.01. The zero-order valence-corrected chi connectivity index (χ0v) is 12.3. The number of hydrogen-bond donors (Lipinski definition) is 3. The zero-order chi connectivity index (χ0) is 15.8. The molecule has 5 N–H and O–H groups in total. The van der Waals surface area contributed by atoms with Gasteiger partial charge in [0.15, 0.2) is 0 Å². The molecule has 0 amide bonds. The Morgan fingerprint density at radius 1 is 0.864 bits per heavy atom. The summed E-state index contributed by atoms with van der Waals surface area (Å²) in [7, 11) is 1.85. The van der Waals surface area contributed by atoms with Crippen LogP contribution in [0.15, 0.2) is 60.9 Å². The summed E-state index contributed by atoms with van der Waals surface area (Å²) in [5, 5.41) is 2.97. The summed E-state index contributed by atoms with van der Waals surface area (Å²) in [4.78, 5) is 12.2. The molecule has 0 radical (unpaired) electrons. The summed E-state index contributed by atoms with van der Waals surface area (Å²) in [6.45, 7) is 0. The Hall–Kier alpha value is -3.15. The smallest absolute Gasteiger partial charge is 0.125 e. The highest BCUT2D eigenvalue weighted by atomic mass is 14.9. The van der Waals surface area contributed by atoms with E-state index < -0.39 is 0 Å². The molecule has 6 nitrogen and oxygen atoms in total. The van der Waals surface area contributed by atoms with E-state index in [1.54, 1.807) is 24.4 Å². The quantitative estimate of drug-likeness (QED) is 0.670. The second-order valence-corrected chi connectivity index (χ2v) is 4.38. The molecular formula is C16H18N6. The van der Waals surface area contributed by atoms with Crippen LogP contribution in [0.2, 0.25) is 0 Å². The van der Waals surface area contributed by atoms with Gasteiger partial charge in [0.25, 0.3) is 0 Å². The second-order valence-electron chi connectivity index (χ2n) is 4.38. The number of rotatable bonds is 2. The molecule has 112 valence electrons. The summed E-state index contributed by atoms with van der Waals surface area (Å²) >= 11 is 0. The van der Waals surface area contributed by atoms with E-state index in [-0.39, 0.29) is 0 Å². The highest BCUT2D eigenvalue weighted by Crippen LogP contribution is 2.15. The van der Waals surface area contributed by atoms with E-state index in [9.17, 15) is 0 Å². The minimum absolute atomic E-state index is 0.463. The molecule has 0 fully saturated rings. The van der Waals surface area contributed by atoms with Crippen LogP contribution in [0, 0.1) is 0 Å². The maximum atomic E-state index is 5.27. The van der Waals surface area contributed by atoms with Gasteiger partial charge in [-0.15, -0.1) is 0 Å².